The fourth-order valence-electron chi connectivity index (χ4n) is 2.16. The number of fused-ring (bicyclic) bond motifs is 1. The van der Waals surface area contributed by atoms with E-state index in [9.17, 15) is 9.59 Å². The zero-order valence-electron chi connectivity index (χ0n) is 10.4. The van der Waals surface area contributed by atoms with Gasteiger partial charge in [0.2, 0.25) is 0 Å². The molecule has 96 valence electrons. The second kappa shape index (κ2) is 4.68. The van der Waals surface area contributed by atoms with Crippen LogP contribution in [0.15, 0.2) is 24.3 Å². The van der Waals surface area contributed by atoms with E-state index < -0.39 is 5.97 Å². The van der Waals surface area contributed by atoms with E-state index in [1.807, 2.05) is 26.0 Å². The van der Waals surface area contributed by atoms with E-state index in [0.717, 1.165) is 5.69 Å². The number of amides is 1. The van der Waals surface area contributed by atoms with Gasteiger partial charge in [-0.15, -0.1) is 0 Å². The molecule has 5 nitrogen and oxygen atoms in total. The summed E-state index contributed by atoms with van der Waals surface area (Å²) >= 11 is 0. The van der Waals surface area contributed by atoms with Crippen LogP contribution < -0.4 is 5.32 Å². The molecule has 1 atom stereocenters. The quantitative estimate of drug-likeness (QED) is 0.852. The van der Waals surface area contributed by atoms with Crippen molar-refractivity contribution in [2.75, 3.05) is 11.9 Å². The molecular formula is C13H16N2O3. The SMILES string of the molecule is CC(C)[C@@H]1Nc2ccccc2C(=O)N1CC(=O)O. The Morgan fingerprint density at radius 3 is 2.72 bits per heavy atom. The monoisotopic (exact) mass is 248 g/mol. The topological polar surface area (TPSA) is 69.6 Å². The number of anilines is 1. The van der Waals surface area contributed by atoms with Gasteiger partial charge in [0, 0.05) is 5.69 Å². The average molecular weight is 248 g/mol. The van der Waals surface area contributed by atoms with Crippen molar-refractivity contribution < 1.29 is 14.7 Å². The molecule has 1 aliphatic heterocycles. The first-order chi connectivity index (χ1) is 8.50. The van der Waals surface area contributed by atoms with E-state index in [1.54, 1.807) is 12.1 Å². The summed E-state index contributed by atoms with van der Waals surface area (Å²) in [4.78, 5) is 24.5. The van der Waals surface area contributed by atoms with Gasteiger partial charge in [-0.05, 0) is 18.1 Å². The first-order valence-corrected chi connectivity index (χ1v) is 5.89. The van der Waals surface area contributed by atoms with Crippen LogP contribution in [-0.2, 0) is 4.79 Å². The number of hydrogen-bond acceptors (Lipinski definition) is 3. The number of carboxylic acid groups (broad SMARTS) is 1. The van der Waals surface area contributed by atoms with Gasteiger partial charge in [-0.1, -0.05) is 26.0 Å². The van der Waals surface area contributed by atoms with E-state index >= 15 is 0 Å². The molecule has 0 saturated heterocycles. The molecule has 0 unspecified atom stereocenters. The minimum absolute atomic E-state index is 0.127. The molecule has 0 fully saturated rings. The molecule has 0 bridgehead atoms. The third kappa shape index (κ3) is 2.16. The predicted molar refractivity (Wildman–Crippen MR) is 67.4 cm³/mol. The molecule has 0 radical (unpaired) electrons. The molecule has 5 heteroatoms. The fraction of sp³-hybridized carbons (Fsp3) is 0.385. The third-order valence-corrected chi connectivity index (χ3v) is 2.99. The van der Waals surface area contributed by atoms with Gasteiger partial charge in [0.15, 0.2) is 0 Å². The first-order valence-electron chi connectivity index (χ1n) is 5.89. The van der Waals surface area contributed by atoms with E-state index in [1.165, 1.54) is 4.90 Å². The molecule has 0 spiro atoms. The number of aliphatic carboxylic acids is 1. The van der Waals surface area contributed by atoms with Crippen LogP contribution in [0.25, 0.3) is 0 Å². The summed E-state index contributed by atoms with van der Waals surface area (Å²) < 4.78 is 0. The number of nitrogens with one attached hydrogen (secondary N) is 1. The Kier molecular flexibility index (Phi) is 3.23. The summed E-state index contributed by atoms with van der Waals surface area (Å²) in [5.41, 5.74) is 1.29. The summed E-state index contributed by atoms with van der Waals surface area (Å²) in [5, 5.41) is 12.1. The number of carboxylic acids is 1. The van der Waals surface area contributed by atoms with Crippen LogP contribution in [0.1, 0.15) is 24.2 Å². The molecule has 0 saturated carbocycles. The van der Waals surface area contributed by atoms with Crippen molar-refractivity contribution >= 4 is 17.6 Å². The smallest absolute Gasteiger partial charge is 0.323 e. The lowest BCUT2D eigenvalue weighted by Gasteiger charge is -2.39. The molecular weight excluding hydrogens is 232 g/mol. The van der Waals surface area contributed by atoms with Crippen LogP contribution >= 0.6 is 0 Å². The molecule has 0 aromatic heterocycles. The summed E-state index contributed by atoms with van der Waals surface area (Å²) in [6, 6.07) is 7.16. The number of benzene rings is 1. The molecule has 1 amide bonds. The van der Waals surface area contributed by atoms with Gasteiger partial charge in [0.05, 0.1) is 5.56 Å². The van der Waals surface area contributed by atoms with Crippen LogP contribution in [0.3, 0.4) is 0 Å². The van der Waals surface area contributed by atoms with Gasteiger partial charge >= 0.3 is 5.97 Å². The molecule has 1 aliphatic rings. The molecule has 1 aromatic carbocycles. The van der Waals surface area contributed by atoms with Crippen molar-refractivity contribution in [2.24, 2.45) is 5.92 Å². The van der Waals surface area contributed by atoms with E-state index in [4.69, 9.17) is 5.11 Å². The lowest BCUT2D eigenvalue weighted by molar-refractivity contribution is -0.138. The Balaban J connectivity index is 2.39. The van der Waals surface area contributed by atoms with Crippen molar-refractivity contribution in [3.63, 3.8) is 0 Å². The zero-order chi connectivity index (χ0) is 13.3. The zero-order valence-corrected chi connectivity index (χ0v) is 10.4. The van der Waals surface area contributed by atoms with Gasteiger partial charge in [0.1, 0.15) is 12.7 Å². The maximum absolute atomic E-state index is 12.3. The van der Waals surface area contributed by atoms with Crippen LogP contribution in [0, 0.1) is 5.92 Å². The molecule has 18 heavy (non-hydrogen) atoms. The third-order valence-electron chi connectivity index (χ3n) is 2.99. The highest BCUT2D eigenvalue weighted by atomic mass is 16.4. The minimum atomic E-state index is -1.00. The number of hydrogen-bond donors (Lipinski definition) is 2. The lowest BCUT2D eigenvalue weighted by atomic mass is 10.0. The van der Waals surface area contributed by atoms with E-state index in [0.29, 0.717) is 5.56 Å². The Labute approximate surface area is 105 Å². The second-order valence-electron chi connectivity index (χ2n) is 4.71. The standard InChI is InChI=1S/C13H16N2O3/c1-8(2)12-14-10-6-4-3-5-9(10)13(18)15(12)7-11(16)17/h3-6,8,12,14H,7H2,1-2H3,(H,16,17)/t12-/m1/s1. The summed E-state index contributed by atoms with van der Waals surface area (Å²) in [5.74, 6) is -1.11. The number of carbonyl (C=O) groups excluding carboxylic acids is 1. The number of rotatable bonds is 3. The van der Waals surface area contributed by atoms with Crippen LogP contribution in [-0.4, -0.2) is 34.6 Å². The molecule has 1 aromatic rings. The van der Waals surface area contributed by atoms with Crippen molar-refractivity contribution in [3.05, 3.63) is 29.8 Å². The van der Waals surface area contributed by atoms with Gasteiger partial charge in [-0.3, -0.25) is 9.59 Å². The molecule has 0 aliphatic carbocycles. The lowest BCUT2D eigenvalue weighted by Crippen LogP contribution is -2.53. The molecule has 1 heterocycles. The Hall–Kier alpha value is -2.04. The Morgan fingerprint density at radius 2 is 2.11 bits per heavy atom. The predicted octanol–water partition coefficient (Wildman–Crippen LogP) is 1.62. The van der Waals surface area contributed by atoms with Gasteiger partial charge in [-0.2, -0.15) is 0 Å². The Bertz CT molecular complexity index is 485. The van der Waals surface area contributed by atoms with E-state index in [-0.39, 0.29) is 24.5 Å². The fourth-order valence-corrected chi connectivity index (χ4v) is 2.16. The highest BCUT2D eigenvalue weighted by Gasteiger charge is 2.34. The number of nitrogens with zero attached hydrogens (tertiary/aromatic N) is 1. The van der Waals surface area contributed by atoms with Crippen molar-refractivity contribution in [1.29, 1.82) is 0 Å². The first kappa shape index (κ1) is 12.4. The maximum atomic E-state index is 12.3. The van der Waals surface area contributed by atoms with Crippen molar-refractivity contribution in [1.82, 2.24) is 4.90 Å². The minimum Gasteiger partial charge on any atom is -0.480 e. The van der Waals surface area contributed by atoms with Gasteiger partial charge in [0.25, 0.3) is 5.91 Å². The second-order valence-corrected chi connectivity index (χ2v) is 4.71. The maximum Gasteiger partial charge on any atom is 0.323 e. The highest BCUT2D eigenvalue weighted by Crippen LogP contribution is 2.27. The van der Waals surface area contributed by atoms with Crippen molar-refractivity contribution in [3.8, 4) is 0 Å². The summed E-state index contributed by atoms with van der Waals surface area (Å²) in [6.45, 7) is 3.62. The summed E-state index contributed by atoms with van der Waals surface area (Å²) in [6.07, 6.45) is -0.288. The number of carbonyl (C=O) groups is 2. The normalized spacial score (nSPS) is 18.5. The molecule has 2 rings (SSSR count). The van der Waals surface area contributed by atoms with Gasteiger partial charge < -0.3 is 15.3 Å². The van der Waals surface area contributed by atoms with E-state index in [2.05, 4.69) is 5.32 Å². The Morgan fingerprint density at radius 1 is 1.44 bits per heavy atom. The van der Waals surface area contributed by atoms with Crippen LogP contribution in [0.2, 0.25) is 0 Å². The largest absolute Gasteiger partial charge is 0.480 e. The molecule has 2 N–H and O–H groups in total. The van der Waals surface area contributed by atoms with Crippen LogP contribution in [0.5, 0.6) is 0 Å². The van der Waals surface area contributed by atoms with Crippen LogP contribution in [0.4, 0.5) is 5.69 Å². The number of para-hydroxylation sites is 1. The average Bonchev–Trinajstić information content (AvgIpc) is 2.32. The van der Waals surface area contributed by atoms with Crippen molar-refractivity contribution in [2.45, 2.75) is 20.0 Å². The summed E-state index contributed by atoms with van der Waals surface area (Å²) in [7, 11) is 0. The highest BCUT2D eigenvalue weighted by molar-refractivity contribution is 6.02. The van der Waals surface area contributed by atoms with Gasteiger partial charge in [-0.25, -0.2) is 0 Å².